The van der Waals surface area contributed by atoms with Crippen LogP contribution in [0, 0.1) is 0 Å². The second-order valence-corrected chi connectivity index (χ2v) is 5.33. The van der Waals surface area contributed by atoms with Crippen molar-refractivity contribution < 1.29 is 14.0 Å². The summed E-state index contributed by atoms with van der Waals surface area (Å²) in [5.41, 5.74) is 1.75. The van der Waals surface area contributed by atoms with Crippen LogP contribution in [0.4, 0.5) is 5.95 Å². The Kier molecular flexibility index (Phi) is 4.33. The number of para-hydroxylation sites is 2. The van der Waals surface area contributed by atoms with Gasteiger partial charge >= 0.3 is 0 Å². The molecule has 0 radical (unpaired) electrons. The van der Waals surface area contributed by atoms with Crippen molar-refractivity contribution in [3.63, 3.8) is 0 Å². The first-order valence-corrected chi connectivity index (χ1v) is 7.70. The molecule has 0 aliphatic carbocycles. The van der Waals surface area contributed by atoms with E-state index in [0.717, 1.165) is 11.0 Å². The van der Waals surface area contributed by atoms with Gasteiger partial charge in [0.05, 0.1) is 17.3 Å². The molecule has 2 N–H and O–H groups in total. The smallest absolute Gasteiger partial charge is 0.287 e. The van der Waals surface area contributed by atoms with E-state index in [1.54, 1.807) is 13.0 Å². The molecule has 0 aliphatic rings. The first-order valence-electron chi connectivity index (χ1n) is 7.70. The number of aryl methyl sites for hydroxylation is 1. The zero-order valence-electron chi connectivity index (χ0n) is 13.4. The molecule has 124 valence electrons. The number of fused-ring (bicyclic) bond motifs is 1. The lowest BCUT2D eigenvalue weighted by molar-refractivity contribution is -0.117. The van der Waals surface area contributed by atoms with E-state index in [4.69, 9.17) is 4.42 Å². The Bertz CT molecular complexity index is 867. The number of hydrogen-bond donors (Lipinski definition) is 2. The van der Waals surface area contributed by atoms with Crippen molar-refractivity contribution in [2.24, 2.45) is 0 Å². The Hall–Kier alpha value is -3.09. The van der Waals surface area contributed by atoms with Crippen molar-refractivity contribution in [1.82, 2.24) is 14.9 Å². The quantitative estimate of drug-likeness (QED) is 0.753. The monoisotopic (exact) mass is 326 g/mol. The molecule has 0 aliphatic heterocycles. The molecule has 0 fully saturated rings. The Morgan fingerprint density at radius 1 is 1.25 bits per heavy atom. The molecule has 1 aromatic carbocycles. The van der Waals surface area contributed by atoms with Crippen molar-refractivity contribution in [3.05, 3.63) is 48.4 Å². The first kappa shape index (κ1) is 15.8. The van der Waals surface area contributed by atoms with E-state index in [0.29, 0.717) is 12.5 Å². The predicted octanol–water partition coefficient (Wildman–Crippen LogP) is 2.41. The summed E-state index contributed by atoms with van der Waals surface area (Å²) >= 11 is 0. The summed E-state index contributed by atoms with van der Waals surface area (Å²) in [6, 6.07) is 10.1. The van der Waals surface area contributed by atoms with E-state index in [1.165, 1.54) is 12.3 Å². The molecule has 2 amide bonds. The molecule has 0 spiro atoms. The van der Waals surface area contributed by atoms with Crippen LogP contribution in [-0.2, 0) is 11.3 Å². The van der Waals surface area contributed by atoms with Crippen molar-refractivity contribution in [2.45, 2.75) is 26.4 Å². The number of furan rings is 1. The summed E-state index contributed by atoms with van der Waals surface area (Å²) in [5, 5.41) is 5.36. The molecule has 0 saturated heterocycles. The van der Waals surface area contributed by atoms with Gasteiger partial charge in [-0.2, -0.15) is 0 Å². The van der Waals surface area contributed by atoms with Crippen LogP contribution < -0.4 is 10.6 Å². The van der Waals surface area contributed by atoms with Gasteiger partial charge in [0.25, 0.3) is 5.91 Å². The number of nitrogens with zero attached hydrogens (tertiary/aromatic N) is 2. The van der Waals surface area contributed by atoms with Crippen LogP contribution in [-0.4, -0.2) is 27.4 Å². The summed E-state index contributed by atoms with van der Waals surface area (Å²) in [7, 11) is 0. The highest BCUT2D eigenvalue weighted by Gasteiger charge is 2.20. The molecule has 2 heterocycles. The molecule has 7 nitrogen and oxygen atoms in total. The molecule has 3 rings (SSSR count). The molecule has 7 heteroatoms. The first-order chi connectivity index (χ1) is 11.6. The third-order valence-corrected chi connectivity index (χ3v) is 3.69. The van der Waals surface area contributed by atoms with Crippen LogP contribution >= 0.6 is 0 Å². The fourth-order valence-corrected chi connectivity index (χ4v) is 2.45. The van der Waals surface area contributed by atoms with Gasteiger partial charge in [-0.25, -0.2) is 4.98 Å². The predicted molar refractivity (Wildman–Crippen MR) is 89.7 cm³/mol. The highest BCUT2D eigenvalue weighted by atomic mass is 16.3. The zero-order chi connectivity index (χ0) is 17.1. The molecule has 0 bridgehead atoms. The van der Waals surface area contributed by atoms with Gasteiger partial charge in [-0.1, -0.05) is 12.1 Å². The lowest BCUT2D eigenvalue weighted by Gasteiger charge is -2.13. The van der Waals surface area contributed by atoms with E-state index in [-0.39, 0.29) is 11.7 Å². The largest absolute Gasteiger partial charge is 0.459 e. The molecule has 1 atom stereocenters. The average Bonchev–Trinajstić information content (AvgIpc) is 3.22. The minimum atomic E-state index is -0.729. The summed E-state index contributed by atoms with van der Waals surface area (Å²) in [5.74, 6) is -0.162. The van der Waals surface area contributed by atoms with E-state index in [1.807, 2.05) is 35.8 Å². The Labute approximate surface area is 138 Å². The van der Waals surface area contributed by atoms with Crippen molar-refractivity contribution in [3.8, 4) is 0 Å². The van der Waals surface area contributed by atoms with Gasteiger partial charge in [0.1, 0.15) is 6.04 Å². The topological polar surface area (TPSA) is 89.2 Å². The van der Waals surface area contributed by atoms with Gasteiger partial charge in [-0.05, 0) is 38.1 Å². The highest BCUT2D eigenvalue weighted by Crippen LogP contribution is 2.19. The fraction of sp³-hybridized carbons (Fsp3) is 0.235. The second-order valence-electron chi connectivity index (χ2n) is 5.33. The number of nitrogens with one attached hydrogen (secondary N) is 2. The van der Waals surface area contributed by atoms with Crippen LogP contribution in [0.3, 0.4) is 0 Å². The van der Waals surface area contributed by atoms with Gasteiger partial charge in [-0.15, -0.1) is 0 Å². The molecule has 2 aromatic heterocycles. The maximum Gasteiger partial charge on any atom is 0.287 e. The van der Waals surface area contributed by atoms with Gasteiger partial charge in [-0.3, -0.25) is 14.9 Å². The fourth-order valence-electron chi connectivity index (χ4n) is 2.45. The summed E-state index contributed by atoms with van der Waals surface area (Å²) in [6.45, 7) is 4.25. The van der Waals surface area contributed by atoms with E-state index >= 15 is 0 Å². The van der Waals surface area contributed by atoms with E-state index in [9.17, 15) is 9.59 Å². The van der Waals surface area contributed by atoms with Gasteiger partial charge < -0.3 is 14.3 Å². The molecule has 0 saturated carbocycles. The van der Waals surface area contributed by atoms with Gasteiger partial charge in [0, 0.05) is 6.54 Å². The number of aromatic nitrogens is 2. The van der Waals surface area contributed by atoms with Crippen LogP contribution in [0.2, 0.25) is 0 Å². The maximum atomic E-state index is 12.4. The maximum absolute atomic E-state index is 12.4. The number of carbonyl (C=O) groups is 2. The second kappa shape index (κ2) is 6.57. The third kappa shape index (κ3) is 3.01. The normalized spacial score (nSPS) is 12.1. The number of imidazole rings is 1. The number of rotatable bonds is 5. The van der Waals surface area contributed by atoms with E-state index < -0.39 is 11.9 Å². The van der Waals surface area contributed by atoms with Crippen molar-refractivity contribution >= 4 is 28.8 Å². The van der Waals surface area contributed by atoms with Crippen LogP contribution in [0.15, 0.2) is 47.1 Å². The number of carbonyl (C=O) groups excluding carboxylic acids is 2. The SMILES string of the molecule is CCn1c(NC(=O)[C@@H](C)NC(=O)c2ccco2)nc2ccccc21. The molecule has 3 aromatic rings. The van der Waals surface area contributed by atoms with Crippen LogP contribution in [0.25, 0.3) is 11.0 Å². The number of amides is 2. The van der Waals surface area contributed by atoms with Crippen LogP contribution in [0.5, 0.6) is 0 Å². The Morgan fingerprint density at radius 3 is 2.75 bits per heavy atom. The number of hydrogen-bond acceptors (Lipinski definition) is 4. The summed E-state index contributed by atoms with van der Waals surface area (Å²) < 4.78 is 6.92. The molecular formula is C17H18N4O3. The number of anilines is 1. The molecule has 24 heavy (non-hydrogen) atoms. The lowest BCUT2D eigenvalue weighted by Crippen LogP contribution is -2.41. The summed E-state index contributed by atoms with van der Waals surface area (Å²) in [6.07, 6.45) is 1.41. The molecular weight excluding hydrogens is 308 g/mol. The minimum absolute atomic E-state index is 0.162. The Morgan fingerprint density at radius 2 is 2.04 bits per heavy atom. The van der Waals surface area contributed by atoms with Gasteiger partial charge in [0.2, 0.25) is 11.9 Å². The average molecular weight is 326 g/mol. The van der Waals surface area contributed by atoms with Crippen LogP contribution in [0.1, 0.15) is 24.4 Å². The third-order valence-electron chi connectivity index (χ3n) is 3.69. The van der Waals surface area contributed by atoms with Crippen molar-refractivity contribution in [1.29, 1.82) is 0 Å². The standard InChI is InChI=1S/C17H18N4O3/c1-3-21-13-8-5-4-7-12(13)19-17(21)20-15(22)11(2)18-16(23)14-9-6-10-24-14/h4-11H,3H2,1-2H3,(H,18,23)(H,19,20,22)/t11-/m1/s1. The number of benzene rings is 1. The van der Waals surface area contributed by atoms with Crippen molar-refractivity contribution in [2.75, 3.05) is 5.32 Å². The Balaban J connectivity index is 1.73. The highest BCUT2D eigenvalue weighted by molar-refractivity contribution is 5.99. The van der Waals surface area contributed by atoms with Gasteiger partial charge in [0.15, 0.2) is 5.76 Å². The lowest BCUT2D eigenvalue weighted by atomic mass is 10.3. The summed E-state index contributed by atoms with van der Waals surface area (Å²) in [4.78, 5) is 28.7. The minimum Gasteiger partial charge on any atom is -0.459 e. The molecule has 0 unspecified atom stereocenters. The zero-order valence-corrected chi connectivity index (χ0v) is 13.4. The van der Waals surface area contributed by atoms with E-state index in [2.05, 4.69) is 15.6 Å².